The number of rotatable bonds is 8. The number of aliphatic carboxylic acids is 1. The molecule has 0 rings (SSSR count). The van der Waals surface area contributed by atoms with E-state index in [1.165, 1.54) is 0 Å². The van der Waals surface area contributed by atoms with Crippen LogP contribution >= 0.6 is 0 Å². The zero-order chi connectivity index (χ0) is 15.3. The second-order valence-corrected chi connectivity index (χ2v) is 7.34. The van der Waals surface area contributed by atoms with Gasteiger partial charge in [0.25, 0.3) is 0 Å². The van der Waals surface area contributed by atoms with Gasteiger partial charge in [0.1, 0.15) is 5.54 Å². The van der Waals surface area contributed by atoms with Crippen LogP contribution in [0.5, 0.6) is 0 Å². The van der Waals surface area contributed by atoms with Crippen molar-refractivity contribution in [3.63, 3.8) is 0 Å². The van der Waals surface area contributed by atoms with Gasteiger partial charge in [-0.2, -0.15) is 0 Å². The van der Waals surface area contributed by atoms with Gasteiger partial charge in [0.2, 0.25) is 0 Å². The van der Waals surface area contributed by atoms with Crippen molar-refractivity contribution in [2.75, 3.05) is 20.1 Å². The summed E-state index contributed by atoms with van der Waals surface area (Å²) in [6, 6.07) is 0.174. The van der Waals surface area contributed by atoms with Crippen LogP contribution in [0.1, 0.15) is 54.4 Å². The highest BCUT2D eigenvalue weighted by molar-refractivity contribution is 5.78. The van der Waals surface area contributed by atoms with Crippen LogP contribution in [0.25, 0.3) is 0 Å². The maximum atomic E-state index is 11.4. The number of carboxylic acid groups (broad SMARTS) is 1. The Balaban J connectivity index is 4.24. The molecule has 0 amide bonds. The van der Waals surface area contributed by atoms with E-state index in [4.69, 9.17) is 0 Å². The largest absolute Gasteiger partial charge is 0.480 e. The number of carboxylic acids is 1. The standard InChI is InChI=1S/C15H32N2O2/c1-12(2)16-15(6,13(18)19)9-8-10-17(7)11-14(3,4)5/h12,16H,8-11H2,1-7H3,(H,18,19). The predicted molar refractivity (Wildman–Crippen MR) is 80.5 cm³/mol. The Morgan fingerprint density at radius 2 is 1.79 bits per heavy atom. The van der Waals surface area contributed by atoms with Crippen molar-refractivity contribution in [3.05, 3.63) is 0 Å². The summed E-state index contributed by atoms with van der Waals surface area (Å²) >= 11 is 0. The van der Waals surface area contributed by atoms with Gasteiger partial charge in [0.15, 0.2) is 0 Å². The van der Waals surface area contributed by atoms with Gasteiger partial charge in [-0.15, -0.1) is 0 Å². The molecule has 2 N–H and O–H groups in total. The number of nitrogens with zero attached hydrogens (tertiary/aromatic N) is 1. The fourth-order valence-corrected chi connectivity index (χ4v) is 2.47. The molecule has 1 atom stereocenters. The second-order valence-electron chi connectivity index (χ2n) is 7.34. The monoisotopic (exact) mass is 272 g/mol. The van der Waals surface area contributed by atoms with Gasteiger partial charge in [0, 0.05) is 12.6 Å². The number of carbonyl (C=O) groups is 1. The highest BCUT2D eigenvalue weighted by atomic mass is 16.4. The molecule has 0 aliphatic rings. The lowest BCUT2D eigenvalue weighted by molar-refractivity contribution is -0.144. The Hall–Kier alpha value is -0.610. The van der Waals surface area contributed by atoms with E-state index in [1.54, 1.807) is 6.92 Å². The number of nitrogens with one attached hydrogen (secondary N) is 1. The van der Waals surface area contributed by atoms with Crippen LogP contribution in [0.3, 0.4) is 0 Å². The van der Waals surface area contributed by atoms with Crippen LogP contribution in [-0.4, -0.2) is 47.7 Å². The summed E-state index contributed by atoms with van der Waals surface area (Å²) in [4.78, 5) is 13.7. The maximum Gasteiger partial charge on any atom is 0.323 e. The van der Waals surface area contributed by atoms with Gasteiger partial charge in [0.05, 0.1) is 0 Å². The van der Waals surface area contributed by atoms with Crippen molar-refractivity contribution in [3.8, 4) is 0 Å². The summed E-state index contributed by atoms with van der Waals surface area (Å²) in [5.74, 6) is -0.764. The SMILES string of the molecule is CC(C)NC(C)(CCCN(C)CC(C)(C)C)C(=O)O. The average molecular weight is 272 g/mol. The minimum atomic E-state index is -0.823. The zero-order valence-corrected chi connectivity index (χ0v) is 13.7. The molecule has 0 aromatic heterocycles. The fraction of sp³-hybridized carbons (Fsp3) is 0.933. The van der Waals surface area contributed by atoms with E-state index in [1.807, 2.05) is 13.8 Å². The highest BCUT2D eigenvalue weighted by Gasteiger charge is 2.32. The molecule has 0 aromatic rings. The van der Waals surface area contributed by atoms with E-state index in [9.17, 15) is 9.90 Å². The first-order chi connectivity index (χ1) is 8.46. The van der Waals surface area contributed by atoms with Crippen LogP contribution in [0.15, 0.2) is 0 Å². The van der Waals surface area contributed by atoms with Crippen molar-refractivity contribution < 1.29 is 9.90 Å². The summed E-state index contributed by atoms with van der Waals surface area (Å²) in [6.07, 6.45) is 1.53. The molecule has 0 radical (unpaired) electrons. The lowest BCUT2D eigenvalue weighted by Crippen LogP contribution is -2.52. The molecule has 114 valence electrons. The fourth-order valence-electron chi connectivity index (χ4n) is 2.47. The molecule has 1 unspecified atom stereocenters. The number of hydrogen-bond donors (Lipinski definition) is 2. The van der Waals surface area contributed by atoms with Gasteiger partial charge in [-0.05, 0) is 52.6 Å². The summed E-state index contributed by atoms with van der Waals surface area (Å²) in [7, 11) is 2.10. The van der Waals surface area contributed by atoms with Crippen LogP contribution in [0.4, 0.5) is 0 Å². The van der Waals surface area contributed by atoms with Crippen molar-refractivity contribution in [1.82, 2.24) is 10.2 Å². The quantitative estimate of drug-likeness (QED) is 0.713. The van der Waals surface area contributed by atoms with E-state index >= 15 is 0 Å². The van der Waals surface area contributed by atoms with Crippen molar-refractivity contribution in [2.24, 2.45) is 5.41 Å². The Labute approximate surface area is 118 Å². The third kappa shape index (κ3) is 8.22. The van der Waals surface area contributed by atoms with Gasteiger partial charge >= 0.3 is 5.97 Å². The van der Waals surface area contributed by atoms with Crippen LogP contribution in [-0.2, 0) is 4.79 Å². The molecule has 0 heterocycles. The smallest absolute Gasteiger partial charge is 0.323 e. The third-order valence-corrected chi connectivity index (χ3v) is 3.04. The Morgan fingerprint density at radius 1 is 1.26 bits per heavy atom. The molecule has 0 bridgehead atoms. The predicted octanol–water partition coefficient (Wildman–Crippen LogP) is 2.59. The van der Waals surface area contributed by atoms with E-state index in [0.29, 0.717) is 6.42 Å². The molecule has 0 saturated carbocycles. The third-order valence-electron chi connectivity index (χ3n) is 3.04. The Kier molecular flexibility index (Phi) is 7.01. The molecule has 4 nitrogen and oxygen atoms in total. The zero-order valence-electron chi connectivity index (χ0n) is 13.7. The first-order valence-corrected chi connectivity index (χ1v) is 7.16. The Morgan fingerprint density at radius 3 is 2.16 bits per heavy atom. The topological polar surface area (TPSA) is 52.6 Å². The van der Waals surface area contributed by atoms with Crippen molar-refractivity contribution >= 4 is 5.97 Å². The molecule has 0 aliphatic carbocycles. The van der Waals surface area contributed by atoms with E-state index in [-0.39, 0.29) is 11.5 Å². The molecular formula is C15H32N2O2. The first kappa shape index (κ1) is 18.4. The summed E-state index contributed by atoms with van der Waals surface area (Å²) in [5.41, 5.74) is -0.544. The lowest BCUT2D eigenvalue weighted by atomic mass is 9.93. The molecule has 0 spiro atoms. The van der Waals surface area contributed by atoms with Gasteiger partial charge in [-0.25, -0.2) is 0 Å². The molecule has 4 heteroatoms. The van der Waals surface area contributed by atoms with Crippen LogP contribution in [0, 0.1) is 5.41 Å². The van der Waals surface area contributed by atoms with Crippen molar-refractivity contribution in [1.29, 1.82) is 0 Å². The Bertz CT molecular complexity index is 284. The average Bonchev–Trinajstić information content (AvgIpc) is 2.12. The minimum Gasteiger partial charge on any atom is -0.480 e. The minimum absolute atomic E-state index is 0.174. The molecular weight excluding hydrogens is 240 g/mol. The lowest BCUT2D eigenvalue weighted by Gasteiger charge is -2.30. The molecule has 0 saturated heterocycles. The maximum absolute atomic E-state index is 11.4. The normalized spacial score (nSPS) is 15.8. The molecule has 19 heavy (non-hydrogen) atoms. The summed E-state index contributed by atoms with van der Waals surface area (Å²) in [5, 5.41) is 12.5. The van der Waals surface area contributed by atoms with Gasteiger partial charge in [-0.1, -0.05) is 20.8 Å². The van der Waals surface area contributed by atoms with E-state index in [2.05, 4.69) is 38.0 Å². The number of hydrogen-bond acceptors (Lipinski definition) is 3. The van der Waals surface area contributed by atoms with E-state index in [0.717, 1.165) is 19.5 Å². The first-order valence-electron chi connectivity index (χ1n) is 7.16. The summed E-state index contributed by atoms with van der Waals surface area (Å²) < 4.78 is 0. The van der Waals surface area contributed by atoms with Crippen LogP contribution < -0.4 is 5.32 Å². The molecule has 0 aliphatic heterocycles. The van der Waals surface area contributed by atoms with Crippen molar-refractivity contribution in [2.45, 2.75) is 66.0 Å². The molecule has 0 fully saturated rings. The second kappa shape index (κ2) is 7.25. The molecule has 0 aromatic carbocycles. The van der Waals surface area contributed by atoms with Gasteiger partial charge in [-0.3, -0.25) is 10.1 Å². The summed E-state index contributed by atoms with van der Waals surface area (Å²) in [6.45, 7) is 14.3. The van der Waals surface area contributed by atoms with E-state index < -0.39 is 11.5 Å². The van der Waals surface area contributed by atoms with Crippen LogP contribution in [0.2, 0.25) is 0 Å². The highest BCUT2D eigenvalue weighted by Crippen LogP contribution is 2.17. The van der Waals surface area contributed by atoms with Gasteiger partial charge < -0.3 is 10.0 Å².